The van der Waals surface area contributed by atoms with Crippen LogP contribution in [0.2, 0.25) is 0 Å². The fraction of sp³-hybridized carbons (Fsp3) is 0.105. The van der Waals surface area contributed by atoms with Crippen molar-refractivity contribution in [2.45, 2.75) is 6.92 Å². The number of nitrogens with one attached hydrogen (secondary N) is 3. The van der Waals surface area contributed by atoms with Crippen LogP contribution in [0.5, 0.6) is 0 Å². The van der Waals surface area contributed by atoms with Gasteiger partial charge >= 0.3 is 0 Å². The molecule has 2 amide bonds. The van der Waals surface area contributed by atoms with E-state index in [0.717, 1.165) is 17.0 Å². The lowest BCUT2D eigenvalue weighted by Crippen LogP contribution is -2.32. The molecule has 0 aliphatic heterocycles. The van der Waals surface area contributed by atoms with Crippen LogP contribution in [-0.2, 0) is 4.79 Å². The van der Waals surface area contributed by atoms with Crippen LogP contribution in [0.25, 0.3) is 11.3 Å². The molecule has 6 heteroatoms. The number of aromatic nitrogens is 2. The van der Waals surface area contributed by atoms with Gasteiger partial charge in [-0.05, 0) is 37.3 Å². The molecule has 3 rings (SSSR count). The van der Waals surface area contributed by atoms with Crippen LogP contribution >= 0.6 is 0 Å². The highest BCUT2D eigenvalue weighted by atomic mass is 16.2. The standard InChI is InChI=1S/C19H18N4O2/c1-13-10-17(23-22-13)15-8-5-9-16(11-15)21-18(24)12-20-19(25)14-6-3-2-4-7-14/h2-11H,12H2,1H3,(H,20,25)(H,21,24)(H,22,23). The van der Waals surface area contributed by atoms with Gasteiger partial charge in [-0.25, -0.2) is 0 Å². The van der Waals surface area contributed by atoms with Crippen molar-refractivity contribution in [3.63, 3.8) is 0 Å². The first-order chi connectivity index (χ1) is 12.1. The number of aryl methyl sites for hydroxylation is 1. The molecule has 0 spiro atoms. The SMILES string of the molecule is Cc1cc(-c2cccc(NC(=O)CNC(=O)c3ccccc3)c2)n[nH]1. The van der Waals surface area contributed by atoms with Gasteiger partial charge in [0, 0.05) is 22.5 Å². The first kappa shape index (κ1) is 16.4. The predicted molar refractivity (Wildman–Crippen MR) is 96.2 cm³/mol. The molecule has 6 nitrogen and oxygen atoms in total. The molecule has 3 aromatic rings. The Bertz CT molecular complexity index is 887. The highest BCUT2D eigenvalue weighted by Crippen LogP contribution is 2.21. The maximum atomic E-state index is 12.1. The van der Waals surface area contributed by atoms with E-state index in [2.05, 4.69) is 20.8 Å². The van der Waals surface area contributed by atoms with Gasteiger partial charge in [0.2, 0.25) is 5.91 Å². The molecule has 0 saturated heterocycles. The number of carbonyl (C=O) groups is 2. The molecule has 3 N–H and O–H groups in total. The lowest BCUT2D eigenvalue weighted by Gasteiger charge is -2.08. The van der Waals surface area contributed by atoms with Crippen molar-refractivity contribution in [3.05, 3.63) is 71.9 Å². The van der Waals surface area contributed by atoms with Crippen molar-refractivity contribution in [3.8, 4) is 11.3 Å². The van der Waals surface area contributed by atoms with E-state index in [-0.39, 0.29) is 18.4 Å². The summed E-state index contributed by atoms with van der Waals surface area (Å²) in [5.41, 5.74) is 3.85. The highest BCUT2D eigenvalue weighted by Gasteiger charge is 2.09. The summed E-state index contributed by atoms with van der Waals surface area (Å²) < 4.78 is 0. The van der Waals surface area contributed by atoms with E-state index in [1.807, 2.05) is 37.3 Å². The van der Waals surface area contributed by atoms with Crippen molar-refractivity contribution in [2.75, 3.05) is 11.9 Å². The van der Waals surface area contributed by atoms with Crippen molar-refractivity contribution < 1.29 is 9.59 Å². The topological polar surface area (TPSA) is 86.9 Å². The second-order valence-electron chi connectivity index (χ2n) is 5.61. The molecule has 2 aromatic carbocycles. The van der Waals surface area contributed by atoms with E-state index in [4.69, 9.17) is 0 Å². The van der Waals surface area contributed by atoms with Crippen LogP contribution in [0.15, 0.2) is 60.7 Å². The molecule has 0 atom stereocenters. The van der Waals surface area contributed by atoms with Crippen LogP contribution in [-0.4, -0.2) is 28.6 Å². The van der Waals surface area contributed by atoms with Crippen molar-refractivity contribution in [2.24, 2.45) is 0 Å². The molecule has 0 aliphatic carbocycles. The normalized spacial score (nSPS) is 10.3. The number of H-pyrrole nitrogens is 1. The van der Waals surface area contributed by atoms with Crippen molar-refractivity contribution in [1.29, 1.82) is 0 Å². The zero-order valence-corrected chi connectivity index (χ0v) is 13.7. The monoisotopic (exact) mass is 334 g/mol. The Morgan fingerprint density at radius 3 is 2.56 bits per heavy atom. The molecular weight excluding hydrogens is 316 g/mol. The third-order valence-electron chi connectivity index (χ3n) is 3.59. The first-order valence-corrected chi connectivity index (χ1v) is 7.87. The molecule has 1 heterocycles. The van der Waals surface area contributed by atoms with Gasteiger partial charge in [0.05, 0.1) is 12.2 Å². The lowest BCUT2D eigenvalue weighted by molar-refractivity contribution is -0.115. The average Bonchev–Trinajstić information content (AvgIpc) is 3.07. The van der Waals surface area contributed by atoms with E-state index in [9.17, 15) is 9.59 Å². The van der Waals surface area contributed by atoms with Gasteiger partial charge in [-0.15, -0.1) is 0 Å². The highest BCUT2D eigenvalue weighted by molar-refractivity contribution is 5.99. The lowest BCUT2D eigenvalue weighted by atomic mass is 10.1. The molecule has 0 bridgehead atoms. The minimum atomic E-state index is -0.292. The Kier molecular flexibility index (Phi) is 4.89. The fourth-order valence-corrected chi connectivity index (χ4v) is 2.38. The number of rotatable bonds is 5. The van der Waals surface area contributed by atoms with Gasteiger partial charge in [-0.3, -0.25) is 14.7 Å². The van der Waals surface area contributed by atoms with E-state index in [1.54, 1.807) is 30.3 Å². The van der Waals surface area contributed by atoms with Crippen LogP contribution < -0.4 is 10.6 Å². The van der Waals surface area contributed by atoms with Crippen molar-refractivity contribution >= 4 is 17.5 Å². The zero-order valence-electron chi connectivity index (χ0n) is 13.7. The largest absolute Gasteiger partial charge is 0.343 e. The van der Waals surface area contributed by atoms with Crippen molar-refractivity contribution in [1.82, 2.24) is 15.5 Å². The van der Waals surface area contributed by atoms with Gasteiger partial charge in [-0.2, -0.15) is 5.10 Å². The Morgan fingerprint density at radius 2 is 1.84 bits per heavy atom. The summed E-state index contributed by atoms with van der Waals surface area (Å²) in [6.45, 7) is 1.83. The van der Waals surface area contributed by atoms with Gasteiger partial charge in [0.25, 0.3) is 5.91 Å². The Morgan fingerprint density at radius 1 is 1.04 bits per heavy atom. The van der Waals surface area contributed by atoms with Crippen LogP contribution in [0.1, 0.15) is 16.1 Å². The third kappa shape index (κ3) is 4.32. The second-order valence-corrected chi connectivity index (χ2v) is 5.61. The van der Waals surface area contributed by atoms with E-state index >= 15 is 0 Å². The molecule has 0 fully saturated rings. The number of benzene rings is 2. The molecule has 1 aromatic heterocycles. The summed E-state index contributed by atoms with van der Waals surface area (Å²) in [6, 6.07) is 18.1. The minimum Gasteiger partial charge on any atom is -0.343 e. The number of aromatic amines is 1. The molecular formula is C19H18N4O2. The second kappa shape index (κ2) is 7.44. The smallest absolute Gasteiger partial charge is 0.251 e. The number of carbonyl (C=O) groups excluding carboxylic acids is 2. The van der Waals surface area contributed by atoms with Gasteiger partial charge in [-0.1, -0.05) is 30.3 Å². The molecule has 0 aliphatic rings. The van der Waals surface area contributed by atoms with E-state index in [0.29, 0.717) is 11.3 Å². The summed E-state index contributed by atoms with van der Waals surface area (Å²) in [4.78, 5) is 24.0. The average molecular weight is 334 g/mol. The van der Waals surface area contributed by atoms with Gasteiger partial charge < -0.3 is 10.6 Å². The number of hydrogen-bond donors (Lipinski definition) is 3. The maximum absolute atomic E-state index is 12.1. The molecule has 126 valence electrons. The van der Waals surface area contributed by atoms with E-state index < -0.39 is 0 Å². The predicted octanol–water partition coefficient (Wildman–Crippen LogP) is 2.75. The zero-order chi connectivity index (χ0) is 17.6. The molecule has 25 heavy (non-hydrogen) atoms. The minimum absolute atomic E-state index is 0.0977. The molecule has 0 saturated carbocycles. The first-order valence-electron chi connectivity index (χ1n) is 7.87. The van der Waals surface area contributed by atoms with Crippen LogP contribution in [0, 0.1) is 6.92 Å². The number of hydrogen-bond acceptors (Lipinski definition) is 3. The molecule has 0 radical (unpaired) electrons. The Labute approximate surface area is 145 Å². The summed E-state index contributed by atoms with van der Waals surface area (Å²) >= 11 is 0. The number of nitrogens with zero attached hydrogens (tertiary/aromatic N) is 1. The third-order valence-corrected chi connectivity index (χ3v) is 3.59. The summed E-state index contributed by atoms with van der Waals surface area (Å²) in [5.74, 6) is -0.573. The maximum Gasteiger partial charge on any atom is 0.251 e. The van der Waals surface area contributed by atoms with E-state index in [1.165, 1.54) is 0 Å². The van der Waals surface area contributed by atoms with Crippen LogP contribution in [0.3, 0.4) is 0 Å². The Hall–Kier alpha value is -3.41. The number of anilines is 1. The Balaban J connectivity index is 1.59. The molecule has 0 unspecified atom stereocenters. The number of amides is 2. The van der Waals surface area contributed by atoms with Crippen LogP contribution in [0.4, 0.5) is 5.69 Å². The van der Waals surface area contributed by atoms with Gasteiger partial charge in [0.1, 0.15) is 0 Å². The fourth-order valence-electron chi connectivity index (χ4n) is 2.38. The summed E-state index contributed by atoms with van der Waals surface area (Å²) in [7, 11) is 0. The van der Waals surface area contributed by atoms with Gasteiger partial charge in [0.15, 0.2) is 0 Å². The summed E-state index contributed by atoms with van der Waals surface area (Å²) in [6.07, 6.45) is 0. The summed E-state index contributed by atoms with van der Waals surface area (Å²) in [5, 5.41) is 12.5. The quantitative estimate of drug-likeness (QED) is 0.670.